The molecule has 0 aromatic carbocycles. The van der Waals surface area contributed by atoms with E-state index in [1.165, 1.54) is 0 Å². The molecule has 0 amide bonds. The molecule has 0 radical (unpaired) electrons. The standard InChI is InChI=1S/C20H27ClO4/c1-19-8-7-15-13(14(19)5-6-16(19)23)4-3-11-9-12(22)10-17(20(11,15)2)25-18(21)24/h9,13-17,23H,3-8,10H2,1-2H3/t13-,14-,15-,16-,17?,19-,20-/m0/s1. The SMILES string of the molecule is C[C@]12CC[C@H]3[C@@H](CCC4=CC(=O)CC(OC(=O)Cl)[C@@]43C)[C@@H]1CC[C@@H]2O. The third kappa shape index (κ3) is 2.43. The molecule has 0 saturated heterocycles. The number of hydrogen-bond acceptors (Lipinski definition) is 4. The summed E-state index contributed by atoms with van der Waals surface area (Å²) in [6.45, 7) is 4.42. The van der Waals surface area contributed by atoms with Crippen LogP contribution in [0.1, 0.15) is 58.8 Å². The molecule has 0 spiro atoms. The fourth-order valence-corrected chi connectivity index (χ4v) is 6.94. The summed E-state index contributed by atoms with van der Waals surface area (Å²) >= 11 is 5.53. The summed E-state index contributed by atoms with van der Waals surface area (Å²) in [7, 11) is 0. The molecular weight excluding hydrogens is 340 g/mol. The van der Waals surface area contributed by atoms with Crippen molar-refractivity contribution in [1.82, 2.24) is 0 Å². The van der Waals surface area contributed by atoms with Crippen molar-refractivity contribution >= 4 is 22.8 Å². The summed E-state index contributed by atoms with van der Waals surface area (Å²) < 4.78 is 5.46. The van der Waals surface area contributed by atoms with Crippen LogP contribution >= 0.6 is 11.6 Å². The predicted octanol–water partition coefficient (Wildman–Crippen LogP) is 4.23. The minimum absolute atomic E-state index is 0.0158. The van der Waals surface area contributed by atoms with Crippen molar-refractivity contribution in [3.63, 3.8) is 0 Å². The quantitative estimate of drug-likeness (QED) is 0.705. The number of carbonyl (C=O) groups is 2. The zero-order chi connectivity index (χ0) is 18.0. The summed E-state index contributed by atoms with van der Waals surface area (Å²) in [6.07, 6.45) is 7.27. The lowest BCUT2D eigenvalue weighted by atomic mass is 9.46. The van der Waals surface area contributed by atoms with E-state index >= 15 is 0 Å². The maximum absolute atomic E-state index is 12.1. The minimum atomic E-state index is -0.820. The smallest absolute Gasteiger partial charge is 0.404 e. The van der Waals surface area contributed by atoms with Crippen molar-refractivity contribution in [3.8, 4) is 0 Å². The number of aliphatic hydroxyl groups is 1. The van der Waals surface area contributed by atoms with E-state index < -0.39 is 11.5 Å². The van der Waals surface area contributed by atoms with E-state index in [1.54, 1.807) is 6.08 Å². The van der Waals surface area contributed by atoms with Crippen molar-refractivity contribution in [2.45, 2.75) is 71.0 Å². The van der Waals surface area contributed by atoms with Crippen LogP contribution in [-0.2, 0) is 9.53 Å². The van der Waals surface area contributed by atoms with Gasteiger partial charge in [-0.05, 0) is 67.8 Å². The van der Waals surface area contributed by atoms with Crippen LogP contribution in [0.4, 0.5) is 4.79 Å². The molecule has 4 rings (SSSR count). The van der Waals surface area contributed by atoms with Crippen LogP contribution in [-0.4, -0.2) is 28.5 Å². The van der Waals surface area contributed by atoms with E-state index in [2.05, 4.69) is 13.8 Å². The summed E-state index contributed by atoms with van der Waals surface area (Å²) in [5.41, 5.74) is 0.0207. The molecule has 4 aliphatic carbocycles. The molecular formula is C20H27ClO4. The Hall–Kier alpha value is -0.870. The van der Waals surface area contributed by atoms with Crippen LogP contribution in [0.5, 0.6) is 0 Å². The maximum Gasteiger partial charge on any atom is 0.404 e. The lowest BCUT2D eigenvalue weighted by Crippen LogP contribution is -2.56. The number of aliphatic hydroxyl groups excluding tert-OH is 1. The molecule has 3 saturated carbocycles. The molecule has 1 N–H and O–H groups in total. The number of hydrogen-bond donors (Lipinski definition) is 1. The third-order valence-corrected chi connectivity index (χ3v) is 8.31. The van der Waals surface area contributed by atoms with E-state index in [9.17, 15) is 14.7 Å². The highest BCUT2D eigenvalue weighted by Gasteiger charge is 2.61. The fraction of sp³-hybridized carbons (Fsp3) is 0.800. The highest BCUT2D eigenvalue weighted by Crippen LogP contribution is 2.65. The second-order valence-electron chi connectivity index (χ2n) is 9.02. The Bertz CT molecular complexity index is 644. The number of rotatable bonds is 1. The van der Waals surface area contributed by atoms with Crippen LogP contribution in [0.25, 0.3) is 0 Å². The van der Waals surface area contributed by atoms with Gasteiger partial charge in [-0.2, -0.15) is 0 Å². The molecule has 0 aromatic heterocycles. The molecule has 0 aromatic rings. The van der Waals surface area contributed by atoms with Gasteiger partial charge >= 0.3 is 5.43 Å². The molecule has 25 heavy (non-hydrogen) atoms. The molecule has 4 aliphatic rings. The van der Waals surface area contributed by atoms with Crippen LogP contribution < -0.4 is 0 Å². The molecule has 0 aliphatic heterocycles. The fourth-order valence-electron chi connectivity index (χ4n) is 6.83. The molecule has 1 unspecified atom stereocenters. The maximum atomic E-state index is 12.1. The van der Waals surface area contributed by atoms with E-state index in [0.29, 0.717) is 17.8 Å². The number of carbonyl (C=O) groups excluding carboxylic acids is 2. The minimum Gasteiger partial charge on any atom is -0.449 e. The highest BCUT2D eigenvalue weighted by molar-refractivity contribution is 6.61. The van der Waals surface area contributed by atoms with Gasteiger partial charge in [0, 0.05) is 23.4 Å². The van der Waals surface area contributed by atoms with Gasteiger partial charge in [-0.25, -0.2) is 4.79 Å². The zero-order valence-electron chi connectivity index (χ0n) is 15.0. The van der Waals surface area contributed by atoms with Gasteiger partial charge in [-0.15, -0.1) is 0 Å². The van der Waals surface area contributed by atoms with Gasteiger partial charge in [-0.1, -0.05) is 19.4 Å². The van der Waals surface area contributed by atoms with E-state index in [-0.39, 0.29) is 29.1 Å². The number of ketones is 1. The second-order valence-corrected chi connectivity index (χ2v) is 9.33. The molecule has 0 bridgehead atoms. The Morgan fingerprint density at radius 3 is 2.72 bits per heavy atom. The number of fused-ring (bicyclic) bond motifs is 5. The topological polar surface area (TPSA) is 63.6 Å². The van der Waals surface area contributed by atoms with Gasteiger partial charge in [0.2, 0.25) is 0 Å². The molecule has 5 heteroatoms. The van der Waals surface area contributed by atoms with E-state index in [0.717, 1.165) is 44.1 Å². The Morgan fingerprint density at radius 1 is 1.24 bits per heavy atom. The Balaban J connectivity index is 1.72. The van der Waals surface area contributed by atoms with Crippen molar-refractivity contribution < 1.29 is 19.4 Å². The summed E-state index contributed by atoms with van der Waals surface area (Å²) in [4.78, 5) is 23.6. The monoisotopic (exact) mass is 366 g/mol. The largest absolute Gasteiger partial charge is 0.449 e. The van der Waals surface area contributed by atoms with Crippen LogP contribution in [0.15, 0.2) is 11.6 Å². The van der Waals surface area contributed by atoms with Crippen LogP contribution in [0.3, 0.4) is 0 Å². The molecule has 138 valence electrons. The van der Waals surface area contributed by atoms with Gasteiger partial charge in [0.25, 0.3) is 0 Å². The first kappa shape index (κ1) is 17.5. The van der Waals surface area contributed by atoms with E-state index in [1.807, 2.05) is 0 Å². The summed E-state index contributed by atoms with van der Waals surface area (Å²) in [5.74, 6) is 1.45. The lowest BCUT2D eigenvalue weighted by molar-refractivity contribution is -0.128. The lowest BCUT2D eigenvalue weighted by Gasteiger charge is -2.59. The second kappa shape index (κ2) is 5.82. The predicted molar refractivity (Wildman–Crippen MR) is 94.2 cm³/mol. The molecule has 4 nitrogen and oxygen atoms in total. The zero-order valence-corrected chi connectivity index (χ0v) is 15.7. The number of ether oxygens (including phenoxy) is 1. The Morgan fingerprint density at radius 2 is 2.00 bits per heavy atom. The number of halogens is 1. The van der Waals surface area contributed by atoms with Crippen molar-refractivity contribution in [2.24, 2.45) is 28.6 Å². The average Bonchev–Trinajstić information content (AvgIpc) is 2.84. The van der Waals surface area contributed by atoms with Gasteiger partial charge < -0.3 is 9.84 Å². The van der Waals surface area contributed by atoms with Crippen LogP contribution in [0, 0.1) is 28.6 Å². The Labute approximate surface area is 153 Å². The van der Waals surface area contributed by atoms with Gasteiger partial charge in [0.1, 0.15) is 6.10 Å². The molecule has 0 heterocycles. The summed E-state index contributed by atoms with van der Waals surface area (Å²) in [6, 6.07) is 0. The normalized spacial score (nSPS) is 48.9. The van der Waals surface area contributed by atoms with E-state index in [4.69, 9.17) is 16.3 Å². The first-order chi connectivity index (χ1) is 11.8. The van der Waals surface area contributed by atoms with Gasteiger partial charge in [0.15, 0.2) is 5.78 Å². The molecule has 7 atom stereocenters. The van der Waals surface area contributed by atoms with Crippen molar-refractivity contribution in [1.29, 1.82) is 0 Å². The van der Waals surface area contributed by atoms with Crippen molar-refractivity contribution in [2.75, 3.05) is 0 Å². The molecule has 3 fully saturated rings. The highest BCUT2D eigenvalue weighted by atomic mass is 35.5. The first-order valence-corrected chi connectivity index (χ1v) is 9.92. The average molecular weight is 367 g/mol. The van der Waals surface area contributed by atoms with Crippen molar-refractivity contribution in [3.05, 3.63) is 11.6 Å². The third-order valence-electron chi connectivity index (χ3n) is 8.22. The van der Waals surface area contributed by atoms with Gasteiger partial charge in [0.05, 0.1) is 6.10 Å². The first-order valence-electron chi connectivity index (χ1n) is 9.55. The van der Waals surface area contributed by atoms with Gasteiger partial charge in [-0.3, -0.25) is 4.79 Å². The summed E-state index contributed by atoms with van der Waals surface area (Å²) in [5, 5.41) is 10.5. The van der Waals surface area contributed by atoms with Crippen LogP contribution in [0.2, 0.25) is 0 Å². The Kier molecular flexibility index (Phi) is 4.08.